The number of alkyl halides is 3. The van der Waals surface area contributed by atoms with E-state index in [1.165, 1.54) is 30.1 Å². The molecule has 37 heavy (non-hydrogen) atoms. The number of nitrogens with one attached hydrogen (secondary N) is 1. The number of hydrogen-bond donors (Lipinski definition) is 2. The standard InChI is InChI=1S/C24H33F3N6O4/c1-16-11-33(17(2)14-34)22(35)9-6-10-32-12-18(29-30-32)15-37-21(16)13-31(3)23(36)28-20-8-5-4-7-19(20)24(25,26)27/h4-5,7-8,12,16-17,21,34H,6,9-11,13-15H2,1-3H3,(H,28,36)/t16-,17-,21-/m1/s1. The summed E-state index contributed by atoms with van der Waals surface area (Å²) in [6, 6.07) is 3.59. The molecule has 2 heterocycles. The zero-order valence-electron chi connectivity index (χ0n) is 21.1. The van der Waals surface area contributed by atoms with Gasteiger partial charge in [0.2, 0.25) is 5.91 Å². The number of likely N-dealkylation sites (N-methyl/N-ethyl adjacent to an activating group) is 1. The van der Waals surface area contributed by atoms with Gasteiger partial charge in [-0.05, 0) is 25.5 Å². The largest absolute Gasteiger partial charge is 0.418 e. The third-order valence-electron chi connectivity index (χ3n) is 6.32. The lowest BCUT2D eigenvalue weighted by molar-refractivity contribution is -0.137. The zero-order valence-corrected chi connectivity index (χ0v) is 21.1. The molecule has 1 aromatic carbocycles. The molecule has 2 aromatic rings. The Kier molecular flexibility index (Phi) is 9.49. The molecule has 0 saturated carbocycles. The van der Waals surface area contributed by atoms with Crippen molar-refractivity contribution in [3.05, 3.63) is 41.7 Å². The number of carbonyl (C=O) groups excluding carboxylic acids is 2. The second-order valence-corrected chi connectivity index (χ2v) is 9.33. The van der Waals surface area contributed by atoms with Gasteiger partial charge < -0.3 is 25.0 Å². The Labute approximate surface area is 213 Å². The number of carbonyl (C=O) groups is 2. The second-order valence-electron chi connectivity index (χ2n) is 9.33. The van der Waals surface area contributed by atoms with Crippen molar-refractivity contribution in [3.8, 4) is 0 Å². The normalized spacial score (nSPS) is 20.4. The van der Waals surface area contributed by atoms with Crippen LogP contribution in [0.2, 0.25) is 0 Å². The monoisotopic (exact) mass is 526 g/mol. The van der Waals surface area contributed by atoms with E-state index in [0.29, 0.717) is 18.7 Å². The number of aromatic nitrogens is 3. The van der Waals surface area contributed by atoms with Gasteiger partial charge in [0, 0.05) is 39.0 Å². The number of rotatable bonds is 5. The van der Waals surface area contributed by atoms with Gasteiger partial charge in [0.15, 0.2) is 0 Å². The summed E-state index contributed by atoms with van der Waals surface area (Å²) in [5.41, 5.74) is -0.714. The van der Waals surface area contributed by atoms with E-state index in [-0.39, 0.29) is 50.2 Å². The number of urea groups is 1. The van der Waals surface area contributed by atoms with E-state index in [4.69, 9.17) is 4.74 Å². The first-order chi connectivity index (χ1) is 17.5. The molecule has 10 nitrogen and oxygen atoms in total. The highest BCUT2D eigenvalue weighted by Gasteiger charge is 2.34. The lowest BCUT2D eigenvalue weighted by Gasteiger charge is -2.35. The molecule has 13 heteroatoms. The van der Waals surface area contributed by atoms with Gasteiger partial charge in [-0.25, -0.2) is 4.79 Å². The van der Waals surface area contributed by atoms with Gasteiger partial charge in [0.05, 0.1) is 42.8 Å². The molecule has 1 aromatic heterocycles. The van der Waals surface area contributed by atoms with Gasteiger partial charge in [0.1, 0.15) is 5.69 Å². The fraction of sp³-hybridized carbons (Fsp3) is 0.583. The fourth-order valence-electron chi connectivity index (χ4n) is 4.10. The minimum absolute atomic E-state index is 0.0326. The van der Waals surface area contributed by atoms with Crippen molar-refractivity contribution in [3.63, 3.8) is 0 Å². The molecular weight excluding hydrogens is 493 g/mol. The van der Waals surface area contributed by atoms with E-state index in [9.17, 15) is 27.9 Å². The maximum Gasteiger partial charge on any atom is 0.418 e. The average molecular weight is 527 g/mol. The second kappa shape index (κ2) is 12.4. The van der Waals surface area contributed by atoms with Gasteiger partial charge in [-0.3, -0.25) is 9.48 Å². The van der Waals surface area contributed by atoms with Crippen LogP contribution in [0.1, 0.15) is 37.9 Å². The van der Waals surface area contributed by atoms with E-state index in [1.54, 1.807) is 22.7 Å². The Morgan fingerprint density at radius 1 is 1.35 bits per heavy atom. The molecule has 3 rings (SSSR count). The van der Waals surface area contributed by atoms with Crippen LogP contribution < -0.4 is 5.32 Å². The van der Waals surface area contributed by atoms with Crippen LogP contribution in [0.25, 0.3) is 0 Å². The van der Waals surface area contributed by atoms with E-state index in [2.05, 4.69) is 15.6 Å². The summed E-state index contributed by atoms with van der Waals surface area (Å²) >= 11 is 0. The third kappa shape index (κ3) is 7.65. The molecule has 0 unspecified atom stereocenters. The van der Waals surface area contributed by atoms with Crippen LogP contribution in [0.3, 0.4) is 0 Å². The fourth-order valence-corrected chi connectivity index (χ4v) is 4.10. The number of anilines is 1. The first-order valence-corrected chi connectivity index (χ1v) is 12.1. The number of hydrogen-bond acceptors (Lipinski definition) is 6. The number of benzene rings is 1. The van der Waals surface area contributed by atoms with Crippen molar-refractivity contribution in [2.45, 2.75) is 58.2 Å². The number of ether oxygens (including phenoxy) is 1. The van der Waals surface area contributed by atoms with Crippen LogP contribution in [0.5, 0.6) is 0 Å². The van der Waals surface area contributed by atoms with E-state index in [0.717, 1.165) is 6.07 Å². The van der Waals surface area contributed by atoms with E-state index >= 15 is 0 Å². The molecule has 2 N–H and O–H groups in total. The van der Waals surface area contributed by atoms with E-state index in [1.807, 2.05) is 6.92 Å². The van der Waals surface area contributed by atoms with Crippen molar-refractivity contribution >= 4 is 17.6 Å². The van der Waals surface area contributed by atoms with Gasteiger partial charge in [-0.1, -0.05) is 24.3 Å². The smallest absolute Gasteiger partial charge is 0.394 e. The molecule has 0 fully saturated rings. The summed E-state index contributed by atoms with van der Waals surface area (Å²) in [6.07, 6.45) is -2.68. The maximum atomic E-state index is 13.3. The molecule has 0 spiro atoms. The maximum absolute atomic E-state index is 13.3. The Morgan fingerprint density at radius 2 is 2.08 bits per heavy atom. The zero-order chi connectivity index (χ0) is 27.2. The highest BCUT2D eigenvalue weighted by atomic mass is 19.4. The molecule has 1 aliphatic heterocycles. The van der Waals surface area contributed by atoms with Gasteiger partial charge in [-0.2, -0.15) is 13.2 Å². The van der Waals surface area contributed by atoms with Crippen LogP contribution in [0.15, 0.2) is 30.5 Å². The van der Waals surface area contributed by atoms with Crippen molar-refractivity contribution in [1.82, 2.24) is 24.8 Å². The topological polar surface area (TPSA) is 113 Å². The van der Waals surface area contributed by atoms with Crippen molar-refractivity contribution in [2.75, 3.05) is 32.1 Å². The van der Waals surface area contributed by atoms with Crippen LogP contribution in [-0.2, 0) is 28.9 Å². The van der Waals surface area contributed by atoms with Crippen molar-refractivity contribution in [1.29, 1.82) is 0 Å². The highest BCUT2D eigenvalue weighted by Crippen LogP contribution is 2.34. The Morgan fingerprint density at radius 3 is 2.78 bits per heavy atom. The summed E-state index contributed by atoms with van der Waals surface area (Å²) in [5, 5.41) is 20.2. The SMILES string of the molecule is C[C@@H]1CN([C@H](C)CO)C(=O)CCCn2cc(nn2)CO[C@@H]1CN(C)C(=O)Nc1ccccc1C(F)(F)F. The number of aliphatic hydroxyl groups excluding tert-OH is 1. The Balaban J connectivity index is 1.78. The van der Waals surface area contributed by atoms with Crippen LogP contribution in [-0.4, -0.2) is 80.7 Å². The van der Waals surface area contributed by atoms with Gasteiger partial charge in [-0.15, -0.1) is 5.10 Å². The molecule has 0 saturated heterocycles. The quantitative estimate of drug-likeness (QED) is 0.620. The Hall–Kier alpha value is -3.19. The molecule has 2 bridgehead atoms. The van der Waals surface area contributed by atoms with Gasteiger partial charge >= 0.3 is 12.2 Å². The number of para-hydroxylation sites is 1. The average Bonchev–Trinajstić information content (AvgIpc) is 3.31. The minimum Gasteiger partial charge on any atom is -0.394 e. The summed E-state index contributed by atoms with van der Waals surface area (Å²) in [7, 11) is 1.46. The number of amides is 3. The lowest BCUT2D eigenvalue weighted by Crippen LogP contribution is -2.48. The molecule has 0 aliphatic carbocycles. The number of aliphatic hydroxyl groups is 1. The highest BCUT2D eigenvalue weighted by molar-refractivity contribution is 5.90. The predicted molar refractivity (Wildman–Crippen MR) is 128 cm³/mol. The number of nitrogens with zero attached hydrogens (tertiary/aromatic N) is 5. The summed E-state index contributed by atoms with van der Waals surface area (Å²) < 4.78 is 47.8. The van der Waals surface area contributed by atoms with Crippen molar-refractivity contribution in [2.24, 2.45) is 5.92 Å². The summed E-state index contributed by atoms with van der Waals surface area (Å²) in [5.74, 6) is -0.409. The van der Waals surface area contributed by atoms with Crippen molar-refractivity contribution < 1.29 is 32.6 Å². The van der Waals surface area contributed by atoms with Crippen LogP contribution >= 0.6 is 0 Å². The Bertz CT molecular complexity index is 1060. The molecule has 1 aliphatic rings. The molecule has 3 amide bonds. The molecule has 204 valence electrons. The number of aryl methyl sites for hydroxylation is 1. The van der Waals surface area contributed by atoms with E-state index < -0.39 is 29.9 Å². The third-order valence-corrected chi connectivity index (χ3v) is 6.32. The first kappa shape index (κ1) is 28.4. The summed E-state index contributed by atoms with van der Waals surface area (Å²) in [6.45, 7) is 4.30. The molecule has 0 radical (unpaired) electrons. The summed E-state index contributed by atoms with van der Waals surface area (Å²) in [4.78, 5) is 28.6. The van der Waals surface area contributed by atoms with Gasteiger partial charge in [0.25, 0.3) is 0 Å². The molecular formula is C24H33F3N6O4. The predicted octanol–water partition coefficient (Wildman–Crippen LogP) is 2.99. The first-order valence-electron chi connectivity index (χ1n) is 12.1. The number of halogens is 3. The minimum atomic E-state index is -4.62. The molecule has 3 atom stereocenters. The lowest BCUT2D eigenvalue weighted by atomic mass is 10.0. The number of fused-ring (bicyclic) bond motifs is 2. The van der Waals surface area contributed by atoms with Crippen LogP contribution in [0, 0.1) is 5.92 Å². The van der Waals surface area contributed by atoms with Crippen LogP contribution in [0.4, 0.5) is 23.7 Å².